The maximum absolute atomic E-state index is 11.8. The van der Waals surface area contributed by atoms with E-state index < -0.39 is 0 Å². The van der Waals surface area contributed by atoms with Gasteiger partial charge in [-0.1, -0.05) is 11.3 Å². The second-order valence-corrected chi connectivity index (χ2v) is 5.39. The van der Waals surface area contributed by atoms with E-state index >= 15 is 0 Å². The van der Waals surface area contributed by atoms with Crippen LogP contribution in [0.1, 0.15) is 22.3 Å². The number of rotatable bonds is 4. The molecule has 0 saturated heterocycles. The summed E-state index contributed by atoms with van der Waals surface area (Å²) in [4.78, 5) is 25.2. The summed E-state index contributed by atoms with van der Waals surface area (Å²) in [7, 11) is 0. The van der Waals surface area contributed by atoms with E-state index in [9.17, 15) is 4.79 Å². The predicted molar refractivity (Wildman–Crippen MR) is 79.8 cm³/mol. The van der Waals surface area contributed by atoms with Gasteiger partial charge in [-0.15, -0.1) is 0 Å². The van der Waals surface area contributed by atoms with E-state index in [2.05, 4.69) is 30.5 Å². The molecule has 0 radical (unpaired) electrons. The summed E-state index contributed by atoms with van der Waals surface area (Å²) in [5, 5.41) is 10.2. The third-order valence-corrected chi connectivity index (χ3v) is 3.80. The van der Waals surface area contributed by atoms with E-state index in [4.69, 9.17) is 0 Å². The number of carbonyl (C=O) groups excluding carboxylic acids is 1. The van der Waals surface area contributed by atoms with Crippen LogP contribution < -0.4 is 5.32 Å². The summed E-state index contributed by atoms with van der Waals surface area (Å²) in [5.41, 5.74) is 2.23. The summed E-state index contributed by atoms with van der Waals surface area (Å²) >= 11 is 1.27. The van der Waals surface area contributed by atoms with Gasteiger partial charge in [0.05, 0.1) is 16.8 Å². The number of hydrogen-bond acceptors (Lipinski definition) is 7. The van der Waals surface area contributed by atoms with Crippen molar-refractivity contribution in [1.29, 1.82) is 0 Å². The Morgan fingerprint density at radius 3 is 2.90 bits per heavy atom. The molecule has 0 aliphatic rings. The number of aryl methyl sites for hydroxylation is 1. The molecule has 3 aromatic heterocycles. The Balaban J connectivity index is 1.97. The first-order valence-electron chi connectivity index (χ1n) is 6.21. The first kappa shape index (κ1) is 13.4. The van der Waals surface area contributed by atoms with Gasteiger partial charge in [0.25, 0.3) is 0 Å². The Morgan fingerprint density at radius 1 is 1.38 bits per heavy atom. The van der Waals surface area contributed by atoms with Gasteiger partial charge in [-0.25, -0.2) is 15.0 Å². The number of H-pyrrole nitrogens is 1. The molecule has 0 aromatic carbocycles. The van der Waals surface area contributed by atoms with E-state index in [1.54, 1.807) is 18.6 Å². The zero-order valence-electron chi connectivity index (χ0n) is 11.4. The topological polar surface area (TPSA) is 96.5 Å². The zero-order valence-corrected chi connectivity index (χ0v) is 12.2. The van der Waals surface area contributed by atoms with Gasteiger partial charge in [0, 0.05) is 30.6 Å². The molecule has 0 atom stereocenters. The highest BCUT2D eigenvalue weighted by molar-refractivity contribution is 7.18. The quantitative estimate of drug-likeness (QED) is 0.719. The number of nitrogens with one attached hydrogen (secondary N) is 2. The summed E-state index contributed by atoms with van der Waals surface area (Å²) in [6, 6.07) is 1.81. The fourth-order valence-corrected chi connectivity index (χ4v) is 2.67. The minimum atomic E-state index is -0.0399. The highest BCUT2D eigenvalue weighted by atomic mass is 32.1. The summed E-state index contributed by atoms with van der Waals surface area (Å²) in [5.74, 6) is 0.416. The van der Waals surface area contributed by atoms with Gasteiger partial charge >= 0.3 is 0 Å². The number of carbonyl (C=O) groups is 1. The van der Waals surface area contributed by atoms with Crippen molar-refractivity contribution in [1.82, 2.24) is 25.1 Å². The Morgan fingerprint density at radius 2 is 2.24 bits per heavy atom. The molecule has 0 spiro atoms. The highest BCUT2D eigenvalue weighted by Gasteiger charge is 2.17. The Bertz CT molecular complexity index is 780. The van der Waals surface area contributed by atoms with Crippen molar-refractivity contribution in [3.05, 3.63) is 35.2 Å². The third-order valence-electron chi connectivity index (χ3n) is 2.73. The lowest BCUT2D eigenvalue weighted by Gasteiger charge is -2.00. The number of hydrogen-bond donors (Lipinski definition) is 2. The van der Waals surface area contributed by atoms with E-state index in [0.717, 1.165) is 11.3 Å². The first-order valence-corrected chi connectivity index (χ1v) is 7.02. The lowest BCUT2D eigenvalue weighted by atomic mass is 10.2. The number of thiazole rings is 1. The van der Waals surface area contributed by atoms with E-state index in [1.807, 2.05) is 13.0 Å². The molecule has 0 amide bonds. The predicted octanol–water partition coefficient (Wildman–Crippen LogP) is 2.58. The van der Waals surface area contributed by atoms with Crippen molar-refractivity contribution in [3.63, 3.8) is 0 Å². The van der Waals surface area contributed by atoms with Crippen molar-refractivity contribution in [2.45, 2.75) is 13.8 Å². The molecule has 0 bridgehead atoms. The van der Waals surface area contributed by atoms with Gasteiger partial charge in [0.1, 0.15) is 0 Å². The third kappa shape index (κ3) is 2.79. The van der Waals surface area contributed by atoms with Gasteiger partial charge in [0.15, 0.2) is 10.9 Å². The Labute approximate surface area is 124 Å². The molecule has 0 aliphatic heterocycles. The molecular weight excluding hydrogens is 288 g/mol. The zero-order chi connectivity index (χ0) is 14.8. The molecule has 0 aliphatic carbocycles. The van der Waals surface area contributed by atoms with Crippen molar-refractivity contribution < 1.29 is 4.79 Å². The van der Waals surface area contributed by atoms with Gasteiger partial charge in [-0.2, -0.15) is 5.10 Å². The standard InChI is InChI=1S/C13H12N6OS/c1-7-3-4-14-12(17-7)19-13-18-10(9-5-15-16-6-9)11(21-13)8(2)20/h3-6H,1-2H3,(H,15,16)(H,14,17,18,19). The molecule has 3 heterocycles. The van der Waals surface area contributed by atoms with E-state index in [0.29, 0.717) is 21.7 Å². The van der Waals surface area contributed by atoms with Crippen LogP contribution in [0.3, 0.4) is 0 Å². The van der Waals surface area contributed by atoms with Crippen LogP contribution >= 0.6 is 11.3 Å². The van der Waals surface area contributed by atoms with Crippen LogP contribution in [0.4, 0.5) is 11.1 Å². The second-order valence-electron chi connectivity index (χ2n) is 4.39. The smallest absolute Gasteiger partial charge is 0.229 e. The van der Waals surface area contributed by atoms with Crippen molar-refractivity contribution in [2.24, 2.45) is 0 Å². The van der Waals surface area contributed by atoms with Gasteiger partial charge < -0.3 is 5.32 Å². The average molecular weight is 300 g/mol. The first-order chi connectivity index (χ1) is 10.1. The molecule has 21 heavy (non-hydrogen) atoms. The number of aromatic amines is 1. The maximum atomic E-state index is 11.8. The van der Waals surface area contributed by atoms with Crippen molar-refractivity contribution in [2.75, 3.05) is 5.32 Å². The number of Topliss-reactive ketones (excluding diaryl/α,β-unsaturated/α-hetero) is 1. The van der Waals surface area contributed by atoms with Crippen molar-refractivity contribution in [3.8, 4) is 11.3 Å². The van der Waals surface area contributed by atoms with Crippen LogP contribution in [0.15, 0.2) is 24.7 Å². The lowest BCUT2D eigenvalue weighted by molar-refractivity contribution is 0.102. The minimum absolute atomic E-state index is 0.0399. The molecule has 3 aromatic rings. The number of nitrogens with zero attached hydrogens (tertiary/aromatic N) is 4. The molecule has 7 nitrogen and oxygen atoms in total. The number of aromatic nitrogens is 5. The van der Waals surface area contributed by atoms with E-state index in [-0.39, 0.29) is 5.78 Å². The minimum Gasteiger partial charge on any atom is -0.300 e. The SMILES string of the molecule is CC(=O)c1sc(Nc2nccc(C)n2)nc1-c1cn[nH]c1. The lowest BCUT2D eigenvalue weighted by Crippen LogP contribution is -1.97. The van der Waals surface area contributed by atoms with Gasteiger partial charge in [0.2, 0.25) is 5.95 Å². The summed E-state index contributed by atoms with van der Waals surface area (Å²) < 4.78 is 0. The second kappa shape index (κ2) is 5.41. The Hall–Kier alpha value is -2.61. The molecule has 0 unspecified atom stereocenters. The average Bonchev–Trinajstić information content (AvgIpc) is 3.06. The molecule has 0 fully saturated rings. The summed E-state index contributed by atoms with van der Waals surface area (Å²) in [6.45, 7) is 3.40. The highest BCUT2D eigenvalue weighted by Crippen LogP contribution is 2.31. The van der Waals surface area contributed by atoms with Crippen LogP contribution in [-0.2, 0) is 0 Å². The Kier molecular flexibility index (Phi) is 3.44. The van der Waals surface area contributed by atoms with Gasteiger partial charge in [-0.05, 0) is 13.0 Å². The normalized spacial score (nSPS) is 10.6. The van der Waals surface area contributed by atoms with Crippen LogP contribution in [-0.4, -0.2) is 30.9 Å². The molecule has 0 saturated carbocycles. The number of anilines is 2. The monoisotopic (exact) mass is 300 g/mol. The fourth-order valence-electron chi connectivity index (χ4n) is 1.79. The molecule has 2 N–H and O–H groups in total. The molecule has 3 rings (SSSR count). The maximum Gasteiger partial charge on any atom is 0.229 e. The van der Waals surface area contributed by atoms with Gasteiger partial charge in [-0.3, -0.25) is 9.89 Å². The van der Waals surface area contributed by atoms with Crippen molar-refractivity contribution >= 4 is 28.2 Å². The number of ketones is 1. The van der Waals surface area contributed by atoms with E-state index in [1.165, 1.54) is 18.3 Å². The largest absolute Gasteiger partial charge is 0.300 e. The fraction of sp³-hybridized carbons (Fsp3) is 0.154. The van der Waals surface area contributed by atoms with Crippen LogP contribution in [0, 0.1) is 6.92 Å². The van der Waals surface area contributed by atoms with Crippen LogP contribution in [0.5, 0.6) is 0 Å². The summed E-state index contributed by atoms with van der Waals surface area (Å²) in [6.07, 6.45) is 5.00. The molecular formula is C13H12N6OS. The molecule has 8 heteroatoms. The molecule has 106 valence electrons. The van der Waals surface area contributed by atoms with Crippen LogP contribution in [0.25, 0.3) is 11.3 Å². The van der Waals surface area contributed by atoms with Crippen LogP contribution in [0.2, 0.25) is 0 Å².